The van der Waals surface area contributed by atoms with Crippen molar-refractivity contribution in [2.75, 3.05) is 54.1 Å². The number of phosphoric ester groups is 1. The molecular formula is C44H84NO7P. The number of carbonyl (C=O) groups is 1. The molecular weight excluding hydrogens is 685 g/mol. The van der Waals surface area contributed by atoms with Gasteiger partial charge in [0.2, 0.25) is 0 Å². The highest BCUT2D eigenvalue weighted by Gasteiger charge is 2.20. The third kappa shape index (κ3) is 41.7. The number of nitrogens with zero attached hydrogens (tertiary/aromatic N) is 1. The van der Waals surface area contributed by atoms with Gasteiger partial charge in [0, 0.05) is 13.0 Å². The van der Waals surface area contributed by atoms with E-state index in [-0.39, 0.29) is 25.8 Å². The largest absolute Gasteiger partial charge is 0.756 e. The second kappa shape index (κ2) is 37.6. The van der Waals surface area contributed by atoms with E-state index in [1.165, 1.54) is 96.3 Å². The average molecular weight is 770 g/mol. The van der Waals surface area contributed by atoms with Gasteiger partial charge in [-0.2, -0.15) is 0 Å². The molecule has 0 saturated carbocycles. The highest BCUT2D eigenvalue weighted by Crippen LogP contribution is 2.38. The summed E-state index contributed by atoms with van der Waals surface area (Å²) >= 11 is 0. The number of allylic oxidation sites excluding steroid dienone is 6. The van der Waals surface area contributed by atoms with E-state index < -0.39 is 13.9 Å². The van der Waals surface area contributed by atoms with Crippen LogP contribution in [0.1, 0.15) is 181 Å². The Balaban J connectivity index is 4.28. The number of esters is 1. The van der Waals surface area contributed by atoms with E-state index >= 15 is 0 Å². The van der Waals surface area contributed by atoms with Crippen LogP contribution in [0.15, 0.2) is 36.5 Å². The third-order valence-corrected chi connectivity index (χ3v) is 10.1. The monoisotopic (exact) mass is 770 g/mol. The van der Waals surface area contributed by atoms with Crippen LogP contribution in [0.3, 0.4) is 0 Å². The fourth-order valence-corrected chi connectivity index (χ4v) is 6.47. The zero-order valence-electron chi connectivity index (χ0n) is 35.2. The topological polar surface area (TPSA) is 94.1 Å². The minimum Gasteiger partial charge on any atom is -0.756 e. The number of rotatable bonds is 40. The van der Waals surface area contributed by atoms with Crippen LogP contribution in [0, 0.1) is 0 Å². The van der Waals surface area contributed by atoms with Gasteiger partial charge in [0.05, 0.1) is 34.4 Å². The molecule has 0 aliphatic heterocycles. The molecule has 0 spiro atoms. The van der Waals surface area contributed by atoms with Gasteiger partial charge in [-0.3, -0.25) is 9.36 Å². The first kappa shape index (κ1) is 51.7. The van der Waals surface area contributed by atoms with Crippen LogP contribution in [0.4, 0.5) is 0 Å². The molecule has 0 rings (SSSR count). The number of unbranched alkanes of at least 4 members (excludes halogenated alkanes) is 20. The number of hydrogen-bond acceptors (Lipinski definition) is 7. The SMILES string of the molecule is CCCCC/C=C\C/C=C\CCCCCCCCOCC(COP(=O)([O-])OCC[N+](C)(C)C)OC(=O)CCCCCCC/C=C\CCCCCCCC. The van der Waals surface area contributed by atoms with Crippen molar-refractivity contribution in [1.82, 2.24) is 0 Å². The van der Waals surface area contributed by atoms with Crippen LogP contribution >= 0.6 is 7.82 Å². The van der Waals surface area contributed by atoms with E-state index in [1.807, 2.05) is 21.1 Å². The Morgan fingerprint density at radius 1 is 0.585 bits per heavy atom. The fraction of sp³-hybridized carbons (Fsp3) is 0.841. The number of likely N-dealkylation sites (N-methyl/N-ethyl adjacent to an activating group) is 1. The molecule has 0 N–H and O–H groups in total. The molecule has 2 atom stereocenters. The minimum atomic E-state index is -4.53. The number of carbonyl (C=O) groups excluding carboxylic acids is 1. The summed E-state index contributed by atoms with van der Waals surface area (Å²) in [7, 11) is 1.34. The van der Waals surface area contributed by atoms with Crippen molar-refractivity contribution in [1.29, 1.82) is 0 Å². The molecule has 0 bridgehead atoms. The Kier molecular flexibility index (Phi) is 36.7. The Bertz CT molecular complexity index is 947. The standard InChI is InChI=1S/C44H84NO7P/c1-6-8-10-12-14-16-18-20-22-24-26-28-30-32-34-36-39-49-41-43(42-51-53(47,48)50-40-38-45(3,4)5)52-44(46)37-35-33-31-29-27-25-23-21-19-17-15-13-11-9-7-2/h14,16,20-23,43H,6-13,15,17-19,24-42H2,1-5H3/b16-14-,22-20-,23-21-. The van der Waals surface area contributed by atoms with Gasteiger partial charge in [-0.25, -0.2) is 0 Å². The van der Waals surface area contributed by atoms with E-state index in [2.05, 4.69) is 50.3 Å². The zero-order chi connectivity index (χ0) is 39.1. The lowest BCUT2D eigenvalue weighted by atomic mass is 10.1. The van der Waals surface area contributed by atoms with E-state index in [4.69, 9.17) is 18.5 Å². The second-order valence-electron chi connectivity index (χ2n) is 15.7. The molecule has 0 fully saturated rings. The van der Waals surface area contributed by atoms with Crippen LogP contribution < -0.4 is 4.89 Å². The maximum absolute atomic E-state index is 12.7. The van der Waals surface area contributed by atoms with Crippen molar-refractivity contribution in [2.45, 2.75) is 187 Å². The predicted molar refractivity (Wildman–Crippen MR) is 222 cm³/mol. The normalized spacial score (nSPS) is 14.2. The van der Waals surface area contributed by atoms with Crippen molar-refractivity contribution in [3.05, 3.63) is 36.5 Å². The first-order valence-corrected chi connectivity index (χ1v) is 23.2. The van der Waals surface area contributed by atoms with Gasteiger partial charge < -0.3 is 27.9 Å². The van der Waals surface area contributed by atoms with Gasteiger partial charge in [0.1, 0.15) is 19.3 Å². The van der Waals surface area contributed by atoms with Crippen LogP contribution in [-0.4, -0.2) is 70.7 Å². The Labute approximate surface area is 327 Å². The molecule has 2 unspecified atom stereocenters. The number of hydrogen-bond donors (Lipinski definition) is 0. The molecule has 0 saturated heterocycles. The van der Waals surface area contributed by atoms with Crippen molar-refractivity contribution < 1.29 is 37.3 Å². The lowest BCUT2D eigenvalue weighted by molar-refractivity contribution is -0.870. The Hall–Kier alpha value is -1.28. The van der Waals surface area contributed by atoms with Gasteiger partial charge >= 0.3 is 5.97 Å². The lowest BCUT2D eigenvalue weighted by Crippen LogP contribution is -2.37. The van der Waals surface area contributed by atoms with E-state index in [9.17, 15) is 14.3 Å². The number of ether oxygens (including phenoxy) is 2. The van der Waals surface area contributed by atoms with Crippen LogP contribution in [0.2, 0.25) is 0 Å². The van der Waals surface area contributed by atoms with E-state index in [1.54, 1.807) is 0 Å². The third-order valence-electron chi connectivity index (χ3n) is 9.16. The molecule has 0 aromatic rings. The molecule has 0 aromatic carbocycles. The highest BCUT2D eigenvalue weighted by atomic mass is 31.2. The fourth-order valence-electron chi connectivity index (χ4n) is 5.75. The van der Waals surface area contributed by atoms with Crippen molar-refractivity contribution in [2.24, 2.45) is 0 Å². The molecule has 0 amide bonds. The van der Waals surface area contributed by atoms with Crippen LogP contribution in [0.5, 0.6) is 0 Å². The van der Waals surface area contributed by atoms with Crippen molar-refractivity contribution >= 4 is 13.8 Å². The minimum absolute atomic E-state index is 0.0221. The van der Waals surface area contributed by atoms with E-state index in [0.717, 1.165) is 64.2 Å². The summed E-state index contributed by atoms with van der Waals surface area (Å²) in [6.45, 7) is 5.35. The summed E-state index contributed by atoms with van der Waals surface area (Å²) in [6, 6.07) is 0. The zero-order valence-corrected chi connectivity index (χ0v) is 36.1. The van der Waals surface area contributed by atoms with Gasteiger partial charge in [0.15, 0.2) is 0 Å². The molecule has 0 aromatic heterocycles. The van der Waals surface area contributed by atoms with Crippen LogP contribution in [-0.2, 0) is 27.9 Å². The Morgan fingerprint density at radius 3 is 1.58 bits per heavy atom. The molecule has 0 heterocycles. The average Bonchev–Trinajstić information content (AvgIpc) is 3.11. The first-order valence-electron chi connectivity index (χ1n) is 21.7. The van der Waals surface area contributed by atoms with Crippen LogP contribution in [0.25, 0.3) is 0 Å². The van der Waals surface area contributed by atoms with Crippen molar-refractivity contribution in [3.63, 3.8) is 0 Å². The first-order chi connectivity index (χ1) is 25.6. The molecule has 0 aliphatic carbocycles. The summed E-state index contributed by atoms with van der Waals surface area (Å²) in [5.74, 6) is -0.347. The molecule has 312 valence electrons. The maximum atomic E-state index is 12.7. The summed E-state index contributed by atoms with van der Waals surface area (Å²) in [5, 5.41) is 0. The van der Waals surface area contributed by atoms with Gasteiger partial charge in [0.25, 0.3) is 7.82 Å². The molecule has 8 nitrogen and oxygen atoms in total. The quantitative estimate of drug-likeness (QED) is 0.0201. The van der Waals surface area contributed by atoms with E-state index in [0.29, 0.717) is 24.1 Å². The number of quaternary nitrogens is 1. The number of phosphoric acid groups is 1. The molecule has 0 aliphatic rings. The van der Waals surface area contributed by atoms with Gasteiger partial charge in [-0.1, -0.05) is 140 Å². The maximum Gasteiger partial charge on any atom is 0.306 e. The molecule has 9 heteroatoms. The summed E-state index contributed by atoms with van der Waals surface area (Å²) < 4.78 is 34.5. The molecule has 0 radical (unpaired) electrons. The second-order valence-corrected chi connectivity index (χ2v) is 17.1. The van der Waals surface area contributed by atoms with Crippen molar-refractivity contribution in [3.8, 4) is 0 Å². The van der Waals surface area contributed by atoms with Gasteiger partial charge in [-0.05, 0) is 70.6 Å². The Morgan fingerprint density at radius 2 is 1.04 bits per heavy atom. The smallest absolute Gasteiger partial charge is 0.306 e. The summed E-state index contributed by atoms with van der Waals surface area (Å²) in [5.41, 5.74) is 0. The molecule has 53 heavy (non-hydrogen) atoms. The summed E-state index contributed by atoms with van der Waals surface area (Å²) in [6.07, 6.45) is 42.9. The lowest BCUT2D eigenvalue weighted by Gasteiger charge is -2.28. The predicted octanol–water partition coefficient (Wildman–Crippen LogP) is 12.0. The highest BCUT2D eigenvalue weighted by molar-refractivity contribution is 7.45. The van der Waals surface area contributed by atoms with Gasteiger partial charge in [-0.15, -0.1) is 0 Å². The summed E-state index contributed by atoms with van der Waals surface area (Å²) in [4.78, 5) is 25.0.